The highest BCUT2D eigenvalue weighted by molar-refractivity contribution is 7.80. The Hall–Kier alpha value is -1.09. The van der Waals surface area contributed by atoms with Gasteiger partial charge < -0.3 is 10.1 Å². The van der Waals surface area contributed by atoms with Gasteiger partial charge in [0.05, 0.1) is 17.3 Å². The van der Waals surface area contributed by atoms with Gasteiger partial charge in [-0.15, -0.1) is 0 Å². The summed E-state index contributed by atoms with van der Waals surface area (Å²) in [4.78, 5) is 0.847. The number of nitrogens with one attached hydrogen (secondary N) is 1. The predicted octanol–water partition coefficient (Wildman–Crippen LogP) is 3.48. The molecule has 0 aliphatic carbocycles. The molecule has 0 amide bonds. The Morgan fingerprint density at radius 1 is 1.36 bits per heavy atom. The van der Waals surface area contributed by atoms with Crippen LogP contribution in [0.25, 0.3) is 0 Å². The molecule has 1 N–H and O–H groups in total. The molecule has 0 saturated carbocycles. The van der Waals surface area contributed by atoms with Crippen molar-refractivity contribution in [2.75, 3.05) is 11.9 Å². The van der Waals surface area contributed by atoms with E-state index in [1.54, 1.807) is 0 Å². The summed E-state index contributed by atoms with van der Waals surface area (Å²) in [5.74, 6) is 0.886. The molecule has 0 saturated heterocycles. The standard InChI is InChI=1S/C9H9NOS.C2H6.H2/c12-9-5-6-11-8-4-2-1-3-7(8)10-9;1-2;/h1-4H,5-6H2,(H,10,12);1-2H3;1H. The Morgan fingerprint density at radius 2 is 2.07 bits per heavy atom. The van der Waals surface area contributed by atoms with Crippen LogP contribution in [0.4, 0.5) is 5.69 Å². The number of benzene rings is 1. The van der Waals surface area contributed by atoms with Crippen LogP contribution in [0.3, 0.4) is 0 Å². The third-order valence-corrected chi connectivity index (χ3v) is 2.05. The molecule has 0 atom stereocenters. The van der Waals surface area contributed by atoms with Gasteiger partial charge in [0.2, 0.25) is 0 Å². The van der Waals surface area contributed by atoms with Gasteiger partial charge in [0.25, 0.3) is 0 Å². The highest BCUT2D eigenvalue weighted by atomic mass is 32.1. The lowest BCUT2D eigenvalue weighted by Gasteiger charge is -2.05. The fraction of sp³-hybridized carbons (Fsp3) is 0.364. The van der Waals surface area contributed by atoms with E-state index in [0.717, 1.165) is 22.8 Å². The zero-order chi connectivity index (χ0) is 10.4. The molecular weight excluding hydrogens is 194 g/mol. The molecule has 0 fully saturated rings. The maximum absolute atomic E-state index is 5.47. The Labute approximate surface area is 91.8 Å². The van der Waals surface area contributed by atoms with Crippen molar-refractivity contribution in [2.24, 2.45) is 0 Å². The van der Waals surface area contributed by atoms with Crippen molar-refractivity contribution in [1.82, 2.24) is 0 Å². The Balaban J connectivity index is 0.000000617. The van der Waals surface area contributed by atoms with E-state index in [1.807, 2.05) is 38.1 Å². The average Bonchev–Trinajstić information content (AvgIpc) is 2.41. The number of rotatable bonds is 0. The van der Waals surface area contributed by atoms with Gasteiger partial charge in [0.1, 0.15) is 5.75 Å². The van der Waals surface area contributed by atoms with Gasteiger partial charge in [-0.2, -0.15) is 0 Å². The summed E-state index contributed by atoms with van der Waals surface area (Å²) < 4.78 is 5.47. The SMILES string of the molecule is CC.S=C1CCOc2ccccc2N1.[HH]. The molecule has 78 valence electrons. The lowest BCUT2D eigenvalue weighted by atomic mass is 10.3. The van der Waals surface area contributed by atoms with Crippen LogP contribution >= 0.6 is 12.2 Å². The predicted molar refractivity (Wildman–Crippen MR) is 66.2 cm³/mol. The number of thiocarbonyl (C=S) groups is 1. The zero-order valence-electron chi connectivity index (χ0n) is 8.54. The Bertz CT molecular complexity index is 317. The van der Waals surface area contributed by atoms with Crippen molar-refractivity contribution in [2.45, 2.75) is 20.3 Å². The molecule has 1 aliphatic rings. The highest BCUT2D eigenvalue weighted by Crippen LogP contribution is 2.25. The second-order valence-electron chi connectivity index (χ2n) is 2.64. The second kappa shape index (κ2) is 5.60. The van der Waals surface area contributed by atoms with E-state index >= 15 is 0 Å². The van der Waals surface area contributed by atoms with Gasteiger partial charge in [-0.25, -0.2) is 0 Å². The van der Waals surface area contributed by atoms with Crippen LogP contribution < -0.4 is 10.1 Å². The first-order valence-electron chi connectivity index (χ1n) is 4.88. The summed E-state index contributed by atoms with van der Waals surface area (Å²) in [5, 5.41) is 3.13. The van der Waals surface area contributed by atoms with Crippen LogP contribution in [0, 0.1) is 0 Å². The molecule has 0 aromatic heterocycles. The van der Waals surface area contributed by atoms with E-state index in [2.05, 4.69) is 5.32 Å². The van der Waals surface area contributed by atoms with Crippen molar-refractivity contribution < 1.29 is 6.16 Å². The van der Waals surface area contributed by atoms with Crippen molar-refractivity contribution in [3.63, 3.8) is 0 Å². The fourth-order valence-corrected chi connectivity index (χ4v) is 1.36. The Kier molecular flexibility index (Phi) is 4.40. The highest BCUT2D eigenvalue weighted by Gasteiger charge is 2.09. The van der Waals surface area contributed by atoms with Crippen molar-refractivity contribution in [1.29, 1.82) is 0 Å². The third-order valence-electron chi connectivity index (χ3n) is 1.75. The first kappa shape index (κ1) is 11.0. The molecule has 3 heteroatoms. The number of anilines is 1. The molecule has 2 rings (SSSR count). The monoisotopic (exact) mass is 211 g/mol. The van der Waals surface area contributed by atoms with E-state index < -0.39 is 0 Å². The first-order valence-corrected chi connectivity index (χ1v) is 5.29. The zero-order valence-corrected chi connectivity index (χ0v) is 9.36. The summed E-state index contributed by atoms with van der Waals surface area (Å²) in [6.45, 7) is 4.67. The van der Waals surface area contributed by atoms with Crippen LogP contribution in [0.2, 0.25) is 0 Å². The van der Waals surface area contributed by atoms with E-state index in [-0.39, 0.29) is 1.43 Å². The summed E-state index contributed by atoms with van der Waals surface area (Å²) >= 11 is 5.08. The van der Waals surface area contributed by atoms with E-state index in [9.17, 15) is 0 Å². The minimum atomic E-state index is 0. The number of hydrogen-bond donors (Lipinski definition) is 1. The van der Waals surface area contributed by atoms with Gasteiger partial charge in [-0.3, -0.25) is 0 Å². The fourth-order valence-electron chi connectivity index (χ4n) is 1.16. The maximum Gasteiger partial charge on any atom is 0.142 e. The van der Waals surface area contributed by atoms with Gasteiger partial charge in [0.15, 0.2) is 0 Å². The van der Waals surface area contributed by atoms with Gasteiger partial charge in [-0.1, -0.05) is 38.2 Å². The molecule has 1 aromatic rings. The van der Waals surface area contributed by atoms with Crippen LogP contribution in [-0.4, -0.2) is 11.6 Å². The Morgan fingerprint density at radius 3 is 2.86 bits per heavy atom. The normalized spacial score (nSPS) is 13.7. The first-order chi connectivity index (χ1) is 6.86. The summed E-state index contributed by atoms with van der Waals surface area (Å²) in [6.07, 6.45) is 0.796. The minimum Gasteiger partial charge on any atom is -0.491 e. The summed E-state index contributed by atoms with van der Waals surface area (Å²) in [5.41, 5.74) is 0.972. The average molecular weight is 211 g/mol. The molecule has 1 aliphatic heterocycles. The molecule has 0 unspecified atom stereocenters. The van der Waals surface area contributed by atoms with Crippen molar-refractivity contribution in [3.05, 3.63) is 24.3 Å². The molecule has 14 heavy (non-hydrogen) atoms. The second-order valence-corrected chi connectivity index (χ2v) is 3.14. The van der Waals surface area contributed by atoms with Crippen LogP contribution in [0.1, 0.15) is 21.7 Å². The van der Waals surface area contributed by atoms with E-state index in [0.29, 0.717) is 6.61 Å². The molecular formula is C11H17NOS. The third kappa shape index (κ3) is 2.70. The topological polar surface area (TPSA) is 21.3 Å². The van der Waals surface area contributed by atoms with E-state index in [4.69, 9.17) is 17.0 Å². The smallest absolute Gasteiger partial charge is 0.142 e. The quantitative estimate of drug-likeness (QED) is 0.664. The van der Waals surface area contributed by atoms with Crippen molar-refractivity contribution >= 4 is 22.9 Å². The van der Waals surface area contributed by atoms with Gasteiger partial charge in [-0.05, 0) is 12.1 Å². The molecule has 1 aromatic carbocycles. The van der Waals surface area contributed by atoms with E-state index in [1.165, 1.54) is 0 Å². The van der Waals surface area contributed by atoms with Crippen LogP contribution in [0.5, 0.6) is 5.75 Å². The number of fused-ring (bicyclic) bond motifs is 1. The van der Waals surface area contributed by atoms with Crippen LogP contribution in [-0.2, 0) is 0 Å². The lowest BCUT2D eigenvalue weighted by molar-refractivity contribution is 0.334. The molecule has 1 heterocycles. The largest absolute Gasteiger partial charge is 0.491 e. The molecule has 0 radical (unpaired) electrons. The minimum absolute atomic E-state index is 0. The van der Waals surface area contributed by atoms with Crippen molar-refractivity contribution in [3.8, 4) is 5.75 Å². The summed E-state index contributed by atoms with van der Waals surface area (Å²) in [7, 11) is 0. The molecule has 2 nitrogen and oxygen atoms in total. The summed E-state index contributed by atoms with van der Waals surface area (Å²) in [6, 6.07) is 7.82. The number of hydrogen-bond acceptors (Lipinski definition) is 2. The van der Waals surface area contributed by atoms with Crippen LogP contribution in [0.15, 0.2) is 24.3 Å². The lowest BCUT2D eigenvalue weighted by Crippen LogP contribution is -2.07. The maximum atomic E-state index is 5.47. The number of ether oxygens (including phenoxy) is 1. The van der Waals surface area contributed by atoms with Gasteiger partial charge in [0, 0.05) is 7.85 Å². The number of para-hydroxylation sites is 2. The molecule has 0 spiro atoms. The molecule has 0 bridgehead atoms. The van der Waals surface area contributed by atoms with Gasteiger partial charge >= 0.3 is 0 Å².